The van der Waals surface area contributed by atoms with Crippen LogP contribution in [0.3, 0.4) is 0 Å². The molecule has 76 valence electrons. The second-order valence-corrected chi connectivity index (χ2v) is 3.82. The second-order valence-electron chi connectivity index (χ2n) is 3.56. The van der Waals surface area contributed by atoms with Gasteiger partial charge >= 0.3 is 0 Å². The maximum Gasteiger partial charge on any atom is 0.237 e. The quantitative estimate of drug-likeness (QED) is 0.683. The van der Waals surface area contributed by atoms with E-state index in [4.69, 9.17) is 11.6 Å². The van der Waals surface area contributed by atoms with Gasteiger partial charge in [0.2, 0.25) is 5.91 Å². The van der Waals surface area contributed by atoms with Crippen molar-refractivity contribution in [3.05, 3.63) is 0 Å². The van der Waals surface area contributed by atoms with Crippen molar-refractivity contribution in [2.24, 2.45) is 0 Å². The summed E-state index contributed by atoms with van der Waals surface area (Å²) in [6, 6.07) is -0.0278. The van der Waals surface area contributed by atoms with Crippen LogP contribution in [0.25, 0.3) is 0 Å². The first kappa shape index (κ1) is 10.8. The number of aliphatic hydroxyl groups excluding tert-OH is 1. The Labute approximate surface area is 83.7 Å². The Balaban J connectivity index is 2.53. The Morgan fingerprint density at radius 2 is 2.15 bits per heavy atom. The van der Waals surface area contributed by atoms with E-state index in [2.05, 4.69) is 0 Å². The highest BCUT2D eigenvalue weighted by atomic mass is 35.5. The molecule has 3 nitrogen and oxygen atoms in total. The first-order valence-electron chi connectivity index (χ1n) is 4.66. The van der Waals surface area contributed by atoms with Crippen molar-refractivity contribution in [2.45, 2.75) is 37.8 Å². The predicted molar refractivity (Wildman–Crippen MR) is 51.8 cm³/mol. The SMILES string of the molecule is CN(C(=O)CCl)[C@@H]1CCCC[C@H]1O. The number of alkyl halides is 1. The van der Waals surface area contributed by atoms with Gasteiger partial charge in [-0.05, 0) is 12.8 Å². The molecule has 2 atom stereocenters. The van der Waals surface area contributed by atoms with Crippen molar-refractivity contribution in [1.29, 1.82) is 0 Å². The Bertz CT molecular complexity index is 186. The van der Waals surface area contributed by atoms with E-state index in [0.717, 1.165) is 25.7 Å². The third-order valence-corrected chi connectivity index (χ3v) is 2.93. The number of carbonyl (C=O) groups is 1. The Morgan fingerprint density at radius 3 is 2.69 bits per heavy atom. The third kappa shape index (κ3) is 2.58. The van der Waals surface area contributed by atoms with Crippen LogP contribution in [0.5, 0.6) is 0 Å². The zero-order chi connectivity index (χ0) is 9.84. The third-order valence-electron chi connectivity index (χ3n) is 2.70. The lowest BCUT2D eigenvalue weighted by atomic mass is 9.91. The van der Waals surface area contributed by atoms with Gasteiger partial charge in [-0.3, -0.25) is 4.79 Å². The zero-order valence-corrected chi connectivity index (χ0v) is 8.63. The first-order valence-corrected chi connectivity index (χ1v) is 5.20. The molecule has 1 amide bonds. The van der Waals surface area contributed by atoms with Crippen LogP contribution in [0.2, 0.25) is 0 Å². The highest BCUT2D eigenvalue weighted by Gasteiger charge is 2.28. The van der Waals surface area contributed by atoms with E-state index in [1.54, 1.807) is 11.9 Å². The van der Waals surface area contributed by atoms with Gasteiger partial charge in [0.05, 0.1) is 12.1 Å². The molecule has 0 spiro atoms. The van der Waals surface area contributed by atoms with Crippen molar-refractivity contribution in [3.63, 3.8) is 0 Å². The average molecular weight is 206 g/mol. The summed E-state index contributed by atoms with van der Waals surface area (Å²) < 4.78 is 0. The summed E-state index contributed by atoms with van der Waals surface area (Å²) in [5.74, 6) is -0.104. The summed E-state index contributed by atoms with van der Waals surface area (Å²) in [5, 5.41) is 9.65. The van der Waals surface area contributed by atoms with E-state index in [1.165, 1.54) is 0 Å². The normalized spacial score (nSPS) is 28.5. The van der Waals surface area contributed by atoms with Gasteiger partial charge in [0.15, 0.2) is 0 Å². The van der Waals surface area contributed by atoms with Crippen molar-refractivity contribution in [2.75, 3.05) is 12.9 Å². The summed E-state index contributed by atoms with van der Waals surface area (Å²) in [7, 11) is 1.71. The largest absolute Gasteiger partial charge is 0.391 e. The van der Waals surface area contributed by atoms with E-state index >= 15 is 0 Å². The fraction of sp³-hybridized carbons (Fsp3) is 0.889. The molecule has 0 aromatic carbocycles. The minimum Gasteiger partial charge on any atom is -0.391 e. The molecule has 13 heavy (non-hydrogen) atoms. The molecule has 0 heterocycles. The maximum absolute atomic E-state index is 11.2. The Hall–Kier alpha value is -0.280. The monoisotopic (exact) mass is 205 g/mol. The van der Waals surface area contributed by atoms with Gasteiger partial charge in [-0.15, -0.1) is 11.6 Å². The van der Waals surface area contributed by atoms with E-state index in [0.29, 0.717) is 0 Å². The summed E-state index contributed by atoms with van der Waals surface area (Å²) >= 11 is 5.44. The van der Waals surface area contributed by atoms with Gasteiger partial charge in [-0.2, -0.15) is 0 Å². The highest BCUT2D eigenvalue weighted by Crippen LogP contribution is 2.22. The number of nitrogens with zero attached hydrogens (tertiary/aromatic N) is 1. The fourth-order valence-electron chi connectivity index (χ4n) is 1.82. The highest BCUT2D eigenvalue weighted by molar-refractivity contribution is 6.27. The molecule has 1 rings (SSSR count). The number of amides is 1. The van der Waals surface area contributed by atoms with Gasteiger partial charge in [-0.1, -0.05) is 12.8 Å². The molecule has 1 N–H and O–H groups in total. The second kappa shape index (κ2) is 4.82. The molecule has 0 saturated heterocycles. The molecule has 0 aromatic rings. The van der Waals surface area contributed by atoms with Crippen molar-refractivity contribution >= 4 is 17.5 Å². The number of carbonyl (C=O) groups excluding carboxylic acids is 1. The summed E-state index contributed by atoms with van der Waals surface area (Å²) in [5.41, 5.74) is 0. The van der Waals surface area contributed by atoms with Crippen LogP contribution in [-0.4, -0.2) is 41.0 Å². The van der Waals surface area contributed by atoms with Crippen LogP contribution in [0, 0.1) is 0 Å². The van der Waals surface area contributed by atoms with E-state index in [-0.39, 0.29) is 23.9 Å². The number of likely N-dealkylation sites (N-methyl/N-ethyl adjacent to an activating group) is 1. The lowest BCUT2D eigenvalue weighted by Crippen LogP contribution is -2.46. The van der Waals surface area contributed by atoms with Crippen LogP contribution in [0.4, 0.5) is 0 Å². The van der Waals surface area contributed by atoms with Gasteiger partial charge in [0.25, 0.3) is 0 Å². The number of hydrogen-bond donors (Lipinski definition) is 1. The van der Waals surface area contributed by atoms with Crippen LogP contribution in [0.1, 0.15) is 25.7 Å². The van der Waals surface area contributed by atoms with Gasteiger partial charge in [-0.25, -0.2) is 0 Å². The summed E-state index contributed by atoms with van der Waals surface area (Å²) in [4.78, 5) is 12.8. The number of aliphatic hydroxyl groups is 1. The lowest BCUT2D eigenvalue weighted by molar-refractivity contribution is -0.132. The standard InChI is InChI=1S/C9H16ClNO2/c1-11(9(13)6-10)7-4-2-3-5-8(7)12/h7-8,12H,2-6H2,1H3/t7-,8-/m1/s1. The van der Waals surface area contributed by atoms with E-state index < -0.39 is 0 Å². The average Bonchev–Trinajstić information content (AvgIpc) is 2.16. The predicted octanol–water partition coefficient (Wildman–Crippen LogP) is 0.987. The maximum atomic E-state index is 11.2. The molecule has 1 aliphatic carbocycles. The Morgan fingerprint density at radius 1 is 1.54 bits per heavy atom. The molecule has 0 bridgehead atoms. The first-order chi connectivity index (χ1) is 6.16. The van der Waals surface area contributed by atoms with Gasteiger partial charge in [0.1, 0.15) is 5.88 Å². The zero-order valence-electron chi connectivity index (χ0n) is 7.87. The fourth-order valence-corrected chi connectivity index (χ4v) is 2.01. The van der Waals surface area contributed by atoms with Crippen molar-refractivity contribution in [1.82, 2.24) is 4.90 Å². The number of rotatable bonds is 2. The smallest absolute Gasteiger partial charge is 0.237 e. The minimum absolute atomic E-state index is 0.000278. The molecule has 1 fully saturated rings. The molecule has 1 saturated carbocycles. The summed E-state index contributed by atoms with van der Waals surface area (Å²) in [6.45, 7) is 0. The minimum atomic E-state index is -0.370. The van der Waals surface area contributed by atoms with Crippen molar-refractivity contribution in [3.8, 4) is 0 Å². The molecule has 4 heteroatoms. The van der Waals surface area contributed by atoms with Crippen LogP contribution in [-0.2, 0) is 4.79 Å². The van der Waals surface area contributed by atoms with Gasteiger partial charge < -0.3 is 10.0 Å². The van der Waals surface area contributed by atoms with Crippen LogP contribution in [0.15, 0.2) is 0 Å². The topological polar surface area (TPSA) is 40.5 Å². The molecule has 0 radical (unpaired) electrons. The van der Waals surface area contributed by atoms with E-state index in [9.17, 15) is 9.90 Å². The number of halogens is 1. The molecular weight excluding hydrogens is 190 g/mol. The molecule has 0 unspecified atom stereocenters. The molecular formula is C9H16ClNO2. The van der Waals surface area contributed by atoms with Crippen molar-refractivity contribution < 1.29 is 9.90 Å². The molecule has 0 aliphatic heterocycles. The van der Waals surface area contributed by atoms with E-state index in [1.807, 2.05) is 0 Å². The number of hydrogen-bond acceptors (Lipinski definition) is 2. The molecule has 1 aliphatic rings. The molecule has 0 aromatic heterocycles. The van der Waals surface area contributed by atoms with Gasteiger partial charge in [0, 0.05) is 7.05 Å². The Kier molecular flexibility index (Phi) is 4.00. The summed E-state index contributed by atoms with van der Waals surface area (Å²) in [6.07, 6.45) is 3.46. The lowest BCUT2D eigenvalue weighted by Gasteiger charge is -2.34. The van der Waals surface area contributed by atoms with Crippen LogP contribution < -0.4 is 0 Å². The van der Waals surface area contributed by atoms with Crippen LogP contribution >= 0.6 is 11.6 Å².